The van der Waals surface area contributed by atoms with Crippen LogP contribution in [0.2, 0.25) is 17.7 Å². The monoisotopic (exact) mass is 458 g/mol. The summed E-state index contributed by atoms with van der Waals surface area (Å²) in [5, 5.41) is 0. The van der Waals surface area contributed by atoms with Crippen molar-refractivity contribution in [2.75, 3.05) is 6.61 Å². The average Bonchev–Trinajstić information content (AvgIpc) is 3.05. The summed E-state index contributed by atoms with van der Waals surface area (Å²) in [4.78, 5) is 11.7. The van der Waals surface area contributed by atoms with Crippen LogP contribution in [0.1, 0.15) is 78.6 Å². The van der Waals surface area contributed by atoms with E-state index in [0.717, 1.165) is 13.0 Å². The third kappa shape index (κ3) is 5.95. The van der Waals surface area contributed by atoms with Gasteiger partial charge in [-0.3, -0.25) is 0 Å². The van der Waals surface area contributed by atoms with Crippen LogP contribution < -0.4 is 0 Å². The molecule has 0 bridgehead atoms. The molecule has 2 aliphatic rings. The van der Waals surface area contributed by atoms with E-state index in [9.17, 15) is 4.79 Å². The summed E-state index contributed by atoms with van der Waals surface area (Å²) in [5.41, 5.74) is 0. The Balaban J connectivity index is 2.13. The molecule has 0 amide bonds. The van der Waals surface area contributed by atoms with Crippen molar-refractivity contribution in [1.82, 2.24) is 0 Å². The minimum absolute atomic E-state index is 0.291. The first-order chi connectivity index (χ1) is 12.2. The zero-order valence-corrected chi connectivity index (χ0v) is 20.0. The SMILES string of the molecule is CCC[CH2][Sn]([CH2]CCC)([CH2]CCC)[CH2][C@H]1CO[C@@H]2CCC[C@@H](C=O)[C@H]12. The van der Waals surface area contributed by atoms with Crippen LogP contribution in [0.25, 0.3) is 0 Å². The van der Waals surface area contributed by atoms with E-state index in [1.165, 1.54) is 62.1 Å². The molecule has 2 nitrogen and oxygen atoms in total. The third-order valence-corrected chi connectivity index (χ3v) is 23.1. The standard InChI is InChI=1S/C10H15O2.3C4H9.Sn/c1-7-6-12-9-4-2-3-8(5-11)10(7)9;3*1-3-4-2;/h5,7-10H,1-4,6H2;3*1,3-4H2,2H3;/t7-,8-,9+,10-;;;;/m0..../s1. The molecule has 1 aliphatic heterocycles. The zero-order valence-electron chi connectivity index (χ0n) is 17.1. The number of hydrogen-bond donors (Lipinski definition) is 0. The number of rotatable bonds is 12. The van der Waals surface area contributed by atoms with Gasteiger partial charge < -0.3 is 0 Å². The first-order valence-corrected chi connectivity index (χ1v) is 19.3. The van der Waals surface area contributed by atoms with Gasteiger partial charge in [0.05, 0.1) is 0 Å². The van der Waals surface area contributed by atoms with E-state index < -0.39 is 18.4 Å². The number of carbonyl (C=O) groups is 1. The molecule has 25 heavy (non-hydrogen) atoms. The van der Waals surface area contributed by atoms with Crippen molar-refractivity contribution in [3.8, 4) is 0 Å². The summed E-state index contributed by atoms with van der Waals surface area (Å²) in [6.07, 6.45) is 13.6. The Hall–Kier alpha value is 0.429. The van der Waals surface area contributed by atoms with Gasteiger partial charge in [0.25, 0.3) is 0 Å². The Morgan fingerprint density at radius 1 is 0.960 bits per heavy atom. The molecule has 2 rings (SSSR count). The van der Waals surface area contributed by atoms with E-state index in [-0.39, 0.29) is 0 Å². The van der Waals surface area contributed by atoms with Crippen LogP contribution in [0.3, 0.4) is 0 Å². The number of ether oxygens (including phenoxy) is 1. The Morgan fingerprint density at radius 3 is 2.08 bits per heavy atom. The van der Waals surface area contributed by atoms with Gasteiger partial charge >= 0.3 is 161 Å². The van der Waals surface area contributed by atoms with E-state index in [2.05, 4.69) is 20.8 Å². The second kappa shape index (κ2) is 11.3. The second-order valence-corrected chi connectivity index (χ2v) is 23.0. The van der Waals surface area contributed by atoms with Crippen LogP contribution in [0, 0.1) is 17.8 Å². The summed E-state index contributed by atoms with van der Waals surface area (Å²) >= 11 is -2.13. The van der Waals surface area contributed by atoms with E-state index in [4.69, 9.17) is 4.74 Å². The van der Waals surface area contributed by atoms with Crippen LogP contribution in [0.15, 0.2) is 0 Å². The Bertz CT molecular complexity index is 362. The molecule has 4 atom stereocenters. The molecule has 0 aromatic carbocycles. The Morgan fingerprint density at radius 2 is 1.56 bits per heavy atom. The van der Waals surface area contributed by atoms with Gasteiger partial charge in [-0.1, -0.05) is 0 Å². The van der Waals surface area contributed by atoms with Crippen molar-refractivity contribution in [2.45, 2.75) is 102 Å². The molecule has 0 unspecified atom stereocenters. The quantitative estimate of drug-likeness (QED) is 0.248. The normalized spacial score (nSPS) is 29.6. The maximum absolute atomic E-state index is 11.7. The fourth-order valence-electron chi connectivity index (χ4n) is 5.67. The molecule has 1 saturated heterocycles. The van der Waals surface area contributed by atoms with Crippen LogP contribution >= 0.6 is 0 Å². The van der Waals surface area contributed by atoms with Crippen LogP contribution in [0.5, 0.6) is 0 Å². The van der Waals surface area contributed by atoms with E-state index >= 15 is 0 Å². The molecular formula is C22H42O2Sn. The molecule has 2 fully saturated rings. The Kier molecular flexibility index (Phi) is 9.83. The number of carbonyl (C=O) groups excluding carboxylic acids is 1. The zero-order chi connectivity index (χ0) is 18.1. The predicted molar refractivity (Wildman–Crippen MR) is 110 cm³/mol. The fraction of sp³-hybridized carbons (Fsp3) is 0.955. The van der Waals surface area contributed by atoms with Gasteiger partial charge in [0.1, 0.15) is 0 Å². The van der Waals surface area contributed by atoms with Crippen LogP contribution in [-0.4, -0.2) is 37.4 Å². The topological polar surface area (TPSA) is 26.3 Å². The molecule has 0 aromatic heterocycles. The molecule has 0 spiro atoms. The fourth-order valence-corrected chi connectivity index (χ4v) is 23.3. The van der Waals surface area contributed by atoms with Gasteiger partial charge in [-0.05, 0) is 0 Å². The molecule has 3 heteroatoms. The summed E-state index contributed by atoms with van der Waals surface area (Å²) in [5.74, 6) is 1.56. The van der Waals surface area contributed by atoms with E-state index in [1.54, 1.807) is 13.3 Å². The molecule has 0 radical (unpaired) electrons. The molecule has 1 heterocycles. The van der Waals surface area contributed by atoms with E-state index in [0.29, 0.717) is 23.9 Å². The first kappa shape index (κ1) is 21.7. The number of hydrogen-bond acceptors (Lipinski definition) is 2. The summed E-state index contributed by atoms with van der Waals surface area (Å²) < 4.78 is 12.5. The van der Waals surface area contributed by atoms with Crippen molar-refractivity contribution in [2.24, 2.45) is 17.8 Å². The number of fused-ring (bicyclic) bond motifs is 1. The van der Waals surface area contributed by atoms with Gasteiger partial charge in [0.15, 0.2) is 0 Å². The van der Waals surface area contributed by atoms with Gasteiger partial charge in [-0.25, -0.2) is 0 Å². The van der Waals surface area contributed by atoms with Gasteiger partial charge in [-0.15, -0.1) is 0 Å². The van der Waals surface area contributed by atoms with Crippen LogP contribution in [0.4, 0.5) is 0 Å². The Labute approximate surface area is 160 Å². The number of aldehydes is 1. The molecule has 146 valence electrons. The van der Waals surface area contributed by atoms with Crippen molar-refractivity contribution in [1.29, 1.82) is 0 Å². The summed E-state index contributed by atoms with van der Waals surface area (Å²) in [6, 6.07) is 0. The van der Waals surface area contributed by atoms with Gasteiger partial charge in [0, 0.05) is 0 Å². The van der Waals surface area contributed by atoms with Gasteiger partial charge in [0.2, 0.25) is 0 Å². The molecule has 1 saturated carbocycles. The average molecular weight is 457 g/mol. The molecule has 0 N–H and O–H groups in total. The third-order valence-electron chi connectivity index (χ3n) is 7.07. The molecular weight excluding hydrogens is 415 g/mol. The molecule has 0 aromatic rings. The van der Waals surface area contributed by atoms with Crippen molar-refractivity contribution >= 4 is 24.7 Å². The van der Waals surface area contributed by atoms with Crippen molar-refractivity contribution < 1.29 is 9.53 Å². The van der Waals surface area contributed by atoms with Crippen molar-refractivity contribution in [3.05, 3.63) is 0 Å². The second-order valence-electron chi connectivity index (χ2n) is 8.95. The van der Waals surface area contributed by atoms with Gasteiger partial charge in [-0.2, -0.15) is 0 Å². The minimum atomic E-state index is -2.13. The number of unbranched alkanes of at least 4 members (excludes halogenated alkanes) is 3. The van der Waals surface area contributed by atoms with E-state index in [1.807, 2.05) is 0 Å². The van der Waals surface area contributed by atoms with Crippen LogP contribution in [-0.2, 0) is 9.53 Å². The maximum atomic E-state index is 11.7. The molecule has 1 aliphatic carbocycles. The summed E-state index contributed by atoms with van der Waals surface area (Å²) in [6.45, 7) is 8.03. The summed E-state index contributed by atoms with van der Waals surface area (Å²) in [7, 11) is 0. The first-order valence-electron chi connectivity index (χ1n) is 11.3. The predicted octanol–water partition coefficient (Wildman–Crippen LogP) is 6.47. The van der Waals surface area contributed by atoms with Crippen molar-refractivity contribution in [3.63, 3.8) is 0 Å².